The van der Waals surface area contributed by atoms with Gasteiger partial charge in [-0.05, 0) is 44.9 Å². The van der Waals surface area contributed by atoms with Crippen molar-refractivity contribution in [3.05, 3.63) is 41.3 Å². The van der Waals surface area contributed by atoms with Gasteiger partial charge in [0.2, 0.25) is 0 Å². The summed E-state index contributed by atoms with van der Waals surface area (Å²) in [6.45, 7) is 6.46. The van der Waals surface area contributed by atoms with Crippen LogP contribution in [0.5, 0.6) is 0 Å². The van der Waals surface area contributed by atoms with Crippen molar-refractivity contribution in [2.24, 2.45) is 0 Å². The summed E-state index contributed by atoms with van der Waals surface area (Å²) in [5.74, 6) is 1.66. The number of hydrogen-bond donors (Lipinski definition) is 2. The fraction of sp³-hybridized carbons (Fsp3) is 0.438. The van der Waals surface area contributed by atoms with Gasteiger partial charge in [0.1, 0.15) is 5.82 Å². The Hall–Kier alpha value is -1.61. The fourth-order valence-corrected chi connectivity index (χ4v) is 2.79. The Morgan fingerprint density at radius 3 is 2.95 bits per heavy atom. The molecule has 0 saturated carbocycles. The molecule has 0 bridgehead atoms. The van der Waals surface area contributed by atoms with Gasteiger partial charge < -0.3 is 10.3 Å². The number of nitrogens with one attached hydrogen (secondary N) is 2. The van der Waals surface area contributed by atoms with Crippen LogP contribution in [0, 0.1) is 13.8 Å². The lowest BCUT2D eigenvalue weighted by atomic mass is 9.99. The van der Waals surface area contributed by atoms with Gasteiger partial charge in [0, 0.05) is 18.0 Å². The number of aromatic nitrogens is 2. The minimum atomic E-state index is 0.535. The molecule has 0 spiro atoms. The molecule has 1 aromatic heterocycles. The first-order valence-corrected chi connectivity index (χ1v) is 7.07. The van der Waals surface area contributed by atoms with Crippen LogP contribution in [0.25, 0.3) is 11.3 Å². The van der Waals surface area contributed by atoms with Crippen molar-refractivity contribution in [2.45, 2.75) is 32.6 Å². The molecule has 19 heavy (non-hydrogen) atoms. The standard InChI is InChI=1S/C16H21N3/c1-11-5-6-12(2)14(8-11)15-10-18-16(19-15)13-4-3-7-17-9-13/h5-6,8,10,13,17H,3-4,7,9H2,1-2H3,(H,18,19). The summed E-state index contributed by atoms with van der Waals surface area (Å²) in [7, 11) is 0. The summed E-state index contributed by atoms with van der Waals surface area (Å²) in [4.78, 5) is 8.11. The van der Waals surface area contributed by atoms with Crippen molar-refractivity contribution in [3.8, 4) is 11.3 Å². The molecule has 2 aromatic rings. The van der Waals surface area contributed by atoms with E-state index in [2.05, 4.69) is 47.3 Å². The normalized spacial score (nSPS) is 19.6. The average Bonchev–Trinajstić information content (AvgIpc) is 2.92. The number of benzene rings is 1. The van der Waals surface area contributed by atoms with Crippen LogP contribution in [0.3, 0.4) is 0 Å². The van der Waals surface area contributed by atoms with Crippen molar-refractivity contribution in [3.63, 3.8) is 0 Å². The molecule has 3 heteroatoms. The zero-order valence-corrected chi connectivity index (χ0v) is 11.7. The molecule has 1 aromatic carbocycles. The highest BCUT2D eigenvalue weighted by atomic mass is 15.0. The lowest BCUT2D eigenvalue weighted by Gasteiger charge is -2.20. The van der Waals surface area contributed by atoms with Crippen LogP contribution in [0.2, 0.25) is 0 Å². The van der Waals surface area contributed by atoms with Crippen molar-refractivity contribution in [1.82, 2.24) is 15.3 Å². The van der Waals surface area contributed by atoms with Crippen molar-refractivity contribution >= 4 is 0 Å². The average molecular weight is 255 g/mol. The van der Waals surface area contributed by atoms with Gasteiger partial charge in [-0.2, -0.15) is 0 Å². The van der Waals surface area contributed by atoms with Crippen LogP contribution in [0.15, 0.2) is 24.4 Å². The molecular weight excluding hydrogens is 234 g/mol. The molecule has 0 amide bonds. The largest absolute Gasteiger partial charge is 0.342 e. The number of nitrogens with zero attached hydrogens (tertiary/aromatic N) is 1. The summed E-state index contributed by atoms with van der Waals surface area (Å²) in [5.41, 5.74) is 4.99. The van der Waals surface area contributed by atoms with Gasteiger partial charge in [-0.3, -0.25) is 0 Å². The van der Waals surface area contributed by atoms with Gasteiger partial charge in [0.25, 0.3) is 0 Å². The van der Waals surface area contributed by atoms with Gasteiger partial charge in [0.05, 0.1) is 11.9 Å². The molecule has 3 rings (SSSR count). The molecule has 2 N–H and O–H groups in total. The van der Waals surface area contributed by atoms with E-state index in [4.69, 9.17) is 0 Å². The van der Waals surface area contributed by atoms with Gasteiger partial charge in [-0.25, -0.2) is 4.98 Å². The van der Waals surface area contributed by atoms with Crippen LogP contribution < -0.4 is 5.32 Å². The predicted molar refractivity (Wildman–Crippen MR) is 78.3 cm³/mol. The molecule has 2 heterocycles. The van der Waals surface area contributed by atoms with Gasteiger partial charge in [-0.1, -0.05) is 17.7 Å². The molecule has 1 aliphatic rings. The molecule has 1 atom stereocenters. The summed E-state index contributed by atoms with van der Waals surface area (Å²) in [6, 6.07) is 6.56. The molecule has 1 unspecified atom stereocenters. The quantitative estimate of drug-likeness (QED) is 0.865. The number of aryl methyl sites for hydroxylation is 2. The second-order valence-corrected chi connectivity index (χ2v) is 5.54. The first-order valence-electron chi connectivity index (χ1n) is 7.07. The summed E-state index contributed by atoms with van der Waals surface area (Å²) in [5, 5.41) is 3.44. The van der Waals surface area contributed by atoms with Crippen LogP contribution in [0.4, 0.5) is 0 Å². The molecule has 1 fully saturated rings. The summed E-state index contributed by atoms with van der Waals surface area (Å²) >= 11 is 0. The number of aromatic amines is 1. The Morgan fingerprint density at radius 2 is 2.16 bits per heavy atom. The Bertz CT molecular complexity index is 565. The highest BCUT2D eigenvalue weighted by Gasteiger charge is 2.18. The van der Waals surface area contributed by atoms with E-state index in [9.17, 15) is 0 Å². The molecule has 0 radical (unpaired) electrons. The molecule has 100 valence electrons. The number of imidazole rings is 1. The smallest absolute Gasteiger partial charge is 0.110 e. The van der Waals surface area contributed by atoms with E-state index in [0.29, 0.717) is 5.92 Å². The molecule has 1 saturated heterocycles. The zero-order chi connectivity index (χ0) is 13.2. The second kappa shape index (κ2) is 5.17. The van der Waals surface area contributed by atoms with Crippen molar-refractivity contribution in [1.29, 1.82) is 0 Å². The number of piperidine rings is 1. The van der Waals surface area contributed by atoms with Gasteiger partial charge in [-0.15, -0.1) is 0 Å². The van der Waals surface area contributed by atoms with E-state index in [0.717, 1.165) is 24.6 Å². The zero-order valence-electron chi connectivity index (χ0n) is 11.7. The van der Waals surface area contributed by atoms with E-state index >= 15 is 0 Å². The highest BCUT2D eigenvalue weighted by molar-refractivity contribution is 5.63. The lowest BCUT2D eigenvalue weighted by molar-refractivity contribution is 0.449. The molecule has 3 nitrogen and oxygen atoms in total. The molecule has 0 aliphatic carbocycles. The summed E-state index contributed by atoms with van der Waals surface area (Å²) in [6.07, 6.45) is 4.45. The lowest BCUT2D eigenvalue weighted by Crippen LogP contribution is -2.28. The van der Waals surface area contributed by atoms with Crippen LogP contribution in [0.1, 0.15) is 35.7 Å². The topological polar surface area (TPSA) is 40.7 Å². The van der Waals surface area contributed by atoms with Crippen molar-refractivity contribution < 1.29 is 0 Å². The monoisotopic (exact) mass is 255 g/mol. The maximum atomic E-state index is 4.59. The van der Waals surface area contributed by atoms with E-state index in [-0.39, 0.29) is 0 Å². The second-order valence-electron chi connectivity index (χ2n) is 5.54. The summed E-state index contributed by atoms with van der Waals surface area (Å²) < 4.78 is 0. The third kappa shape index (κ3) is 2.56. The van der Waals surface area contributed by atoms with Crippen LogP contribution >= 0.6 is 0 Å². The molecular formula is C16H21N3. The minimum Gasteiger partial charge on any atom is -0.342 e. The first-order chi connectivity index (χ1) is 9.24. The Morgan fingerprint density at radius 1 is 1.26 bits per heavy atom. The Balaban J connectivity index is 1.89. The number of rotatable bonds is 2. The minimum absolute atomic E-state index is 0.535. The maximum absolute atomic E-state index is 4.59. The first kappa shape index (κ1) is 12.4. The highest BCUT2D eigenvalue weighted by Crippen LogP contribution is 2.26. The third-order valence-corrected chi connectivity index (χ3v) is 3.96. The van der Waals surface area contributed by atoms with E-state index in [1.165, 1.54) is 29.5 Å². The van der Waals surface area contributed by atoms with E-state index < -0.39 is 0 Å². The predicted octanol–water partition coefficient (Wildman–Crippen LogP) is 3.16. The Labute approximate surface area is 114 Å². The van der Waals surface area contributed by atoms with Crippen LogP contribution in [-0.2, 0) is 0 Å². The van der Waals surface area contributed by atoms with Crippen molar-refractivity contribution in [2.75, 3.05) is 13.1 Å². The number of hydrogen-bond acceptors (Lipinski definition) is 2. The maximum Gasteiger partial charge on any atom is 0.110 e. The van der Waals surface area contributed by atoms with E-state index in [1.54, 1.807) is 0 Å². The third-order valence-electron chi connectivity index (χ3n) is 3.96. The van der Waals surface area contributed by atoms with Crippen LogP contribution in [-0.4, -0.2) is 23.1 Å². The van der Waals surface area contributed by atoms with Gasteiger partial charge >= 0.3 is 0 Å². The Kier molecular flexibility index (Phi) is 3.38. The molecule has 1 aliphatic heterocycles. The fourth-order valence-electron chi connectivity index (χ4n) is 2.79. The van der Waals surface area contributed by atoms with E-state index in [1.807, 2.05) is 6.20 Å². The van der Waals surface area contributed by atoms with Gasteiger partial charge in [0.15, 0.2) is 0 Å². The number of H-pyrrole nitrogens is 1. The SMILES string of the molecule is Cc1ccc(C)c(-c2cnc(C3CCCNC3)[nH]2)c1.